The Hall–Kier alpha value is -3.41. The quantitative estimate of drug-likeness (QED) is 0.635. The minimum Gasteiger partial charge on any atom is -0.322 e. The summed E-state index contributed by atoms with van der Waals surface area (Å²) in [6, 6.07) is 13.7. The van der Waals surface area contributed by atoms with Gasteiger partial charge in [0, 0.05) is 24.6 Å². The van der Waals surface area contributed by atoms with Crippen LogP contribution in [-0.2, 0) is 17.6 Å². The van der Waals surface area contributed by atoms with Crippen LogP contribution >= 0.6 is 0 Å². The molecule has 3 aromatic rings. The maximum absolute atomic E-state index is 13.8. The van der Waals surface area contributed by atoms with Gasteiger partial charge in [-0.25, -0.2) is 13.2 Å². The van der Waals surface area contributed by atoms with Gasteiger partial charge in [-0.15, -0.1) is 0 Å². The molecule has 0 aliphatic carbocycles. The molecule has 3 nitrogen and oxygen atoms in total. The fraction of sp³-hybridized carbons (Fsp3) is 0.130. The zero-order valence-electron chi connectivity index (χ0n) is 15.6. The summed E-state index contributed by atoms with van der Waals surface area (Å²) in [6.45, 7) is 1.93. The molecule has 0 saturated carbocycles. The predicted molar refractivity (Wildman–Crippen MR) is 104 cm³/mol. The first kappa shape index (κ1) is 20.3. The van der Waals surface area contributed by atoms with Crippen molar-refractivity contribution in [1.29, 1.82) is 0 Å². The van der Waals surface area contributed by atoms with E-state index in [9.17, 15) is 22.8 Å². The van der Waals surface area contributed by atoms with E-state index >= 15 is 0 Å². The largest absolute Gasteiger partial charge is 0.322 e. The van der Waals surface area contributed by atoms with E-state index in [1.54, 1.807) is 0 Å². The van der Waals surface area contributed by atoms with Gasteiger partial charge in [-0.05, 0) is 42.3 Å². The second-order valence-corrected chi connectivity index (χ2v) is 6.76. The van der Waals surface area contributed by atoms with E-state index in [4.69, 9.17) is 0 Å². The van der Waals surface area contributed by atoms with Gasteiger partial charge in [0.15, 0.2) is 0 Å². The lowest BCUT2D eigenvalue weighted by molar-refractivity contribution is -0.117. The first-order valence-corrected chi connectivity index (χ1v) is 8.94. The van der Waals surface area contributed by atoms with Crippen LogP contribution in [0.2, 0.25) is 0 Å². The Morgan fingerprint density at radius 2 is 1.59 bits per heavy atom. The Morgan fingerprint density at radius 1 is 0.862 bits per heavy atom. The number of ketones is 1. The van der Waals surface area contributed by atoms with Gasteiger partial charge in [0.1, 0.15) is 23.2 Å². The minimum atomic E-state index is -1.03. The number of amides is 1. The molecule has 0 fully saturated rings. The summed E-state index contributed by atoms with van der Waals surface area (Å²) in [7, 11) is 0. The molecule has 0 aliphatic rings. The van der Waals surface area contributed by atoms with Crippen LogP contribution in [0.15, 0.2) is 60.7 Å². The topological polar surface area (TPSA) is 46.2 Å². The molecule has 3 rings (SSSR count). The first-order chi connectivity index (χ1) is 13.8. The fourth-order valence-corrected chi connectivity index (χ4v) is 3.01. The van der Waals surface area contributed by atoms with Crippen molar-refractivity contribution < 1.29 is 22.8 Å². The third-order valence-corrected chi connectivity index (χ3v) is 4.37. The van der Waals surface area contributed by atoms with Gasteiger partial charge in [-0.3, -0.25) is 9.59 Å². The lowest BCUT2D eigenvalue weighted by atomic mass is 10.00. The second kappa shape index (κ2) is 8.73. The molecule has 0 bridgehead atoms. The van der Waals surface area contributed by atoms with Crippen molar-refractivity contribution in [1.82, 2.24) is 0 Å². The van der Waals surface area contributed by atoms with Crippen molar-refractivity contribution in [3.8, 4) is 0 Å². The first-order valence-electron chi connectivity index (χ1n) is 8.94. The van der Waals surface area contributed by atoms with Gasteiger partial charge in [-0.2, -0.15) is 0 Å². The Labute approximate surface area is 166 Å². The lowest BCUT2D eigenvalue weighted by Crippen LogP contribution is -2.16. The number of aryl methyl sites for hydroxylation is 1. The number of hydrogen-bond acceptors (Lipinski definition) is 2. The lowest BCUT2D eigenvalue weighted by Gasteiger charge is -2.12. The predicted octanol–water partition coefficient (Wildman–Crippen LogP) is 5.02. The fourth-order valence-electron chi connectivity index (χ4n) is 3.01. The van der Waals surface area contributed by atoms with Crippen LogP contribution in [0, 0.1) is 24.4 Å². The maximum atomic E-state index is 13.8. The summed E-state index contributed by atoms with van der Waals surface area (Å²) in [4.78, 5) is 24.8. The Bertz CT molecular complexity index is 1080. The van der Waals surface area contributed by atoms with Crippen molar-refractivity contribution in [3.63, 3.8) is 0 Å². The SMILES string of the molecule is Cc1cccc(CC(=O)Cc2ccc(F)cc2NC(=O)c2ccc(F)cc2F)c1. The molecule has 1 N–H and O–H groups in total. The molecule has 1 amide bonds. The zero-order valence-corrected chi connectivity index (χ0v) is 15.6. The van der Waals surface area contributed by atoms with E-state index in [1.807, 2.05) is 31.2 Å². The van der Waals surface area contributed by atoms with E-state index in [0.29, 0.717) is 11.6 Å². The number of carbonyl (C=O) groups excluding carboxylic acids is 2. The van der Waals surface area contributed by atoms with Crippen LogP contribution in [0.4, 0.5) is 18.9 Å². The van der Waals surface area contributed by atoms with Crippen molar-refractivity contribution in [2.45, 2.75) is 19.8 Å². The highest BCUT2D eigenvalue weighted by atomic mass is 19.1. The summed E-state index contributed by atoms with van der Waals surface area (Å²) >= 11 is 0. The number of rotatable bonds is 6. The molecule has 0 heterocycles. The highest BCUT2D eigenvalue weighted by molar-refractivity contribution is 6.05. The average molecular weight is 397 g/mol. The van der Waals surface area contributed by atoms with Crippen LogP contribution in [-0.4, -0.2) is 11.7 Å². The van der Waals surface area contributed by atoms with E-state index in [2.05, 4.69) is 5.32 Å². The Morgan fingerprint density at radius 3 is 2.31 bits per heavy atom. The molecule has 0 radical (unpaired) electrons. The average Bonchev–Trinajstić information content (AvgIpc) is 2.63. The summed E-state index contributed by atoms with van der Waals surface area (Å²) in [5.41, 5.74) is 1.98. The number of halogens is 3. The minimum absolute atomic E-state index is 0.0320. The molecule has 6 heteroatoms. The number of nitrogens with one attached hydrogen (secondary N) is 1. The Kier molecular flexibility index (Phi) is 6.12. The van der Waals surface area contributed by atoms with Crippen LogP contribution in [0.1, 0.15) is 27.0 Å². The van der Waals surface area contributed by atoms with Crippen LogP contribution in [0.3, 0.4) is 0 Å². The molecule has 0 unspecified atom stereocenters. The monoisotopic (exact) mass is 397 g/mol. The van der Waals surface area contributed by atoms with E-state index in [1.165, 1.54) is 12.1 Å². The molecule has 0 aromatic heterocycles. The molecule has 29 heavy (non-hydrogen) atoms. The smallest absolute Gasteiger partial charge is 0.258 e. The second-order valence-electron chi connectivity index (χ2n) is 6.76. The molecular formula is C23H18F3NO2. The van der Waals surface area contributed by atoms with Gasteiger partial charge in [0.2, 0.25) is 0 Å². The van der Waals surface area contributed by atoms with Gasteiger partial charge >= 0.3 is 0 Å². The van der Waals surface area contributed by atoms with Gasteiger partial charge < -0.3 is 5.32 Å². The molecular weight excluding hydrogens is 379 g/mol. The number of hydrogen-bond donors (Lipinski definition) is 1. The van der Waals surface area contributed by atoms with Crippen molar-refractivity contribution in [3.05, 3.63) is 100 Å². The number of carbonyl (C=O) groups is 2. The molecule has 0 spiro atoms. The van der Waals surface area contributed by atoms with Crippen molar-refractivity contribution in [2.75, 3.05) is 5.32 Å². The highest BCUT2D eigenvalue weighted by Gasteiger charge is 2.16. The summed E-state index contributed by atoms with van der Waals surface area (Å²) in [5, 5.41) is 2.41. The van der Waals surface area contributed by atoms with E-state index in [-0.39, 0.29) is 29.9 Å². The third kappa shape index (κ3) is 5.31. The molecule has 0 atom stereocenters. The standard InChI is InChI=1S/C23H18F3NO2/c1-14-3-2-4-15(9-14)10-19(28)11-16-5-6-18(25)13-22(16)27-23(29)20-8-7-17(24)12-21(20)26/h2-9,12-13H,10-11H2,1H3,(H,27,29). The van der Waals surface area contributed by atoms with Crippen molar-refractivity contribution >= 4 is 17.4 Å². The third-order valence-electron chi connectivity index (χ3n) is 4.37. The molecule has 0 saturated heterocycles. The number of anilines is 1. The molecule has 148 valence electrons. The van der Waals surface area contributed by atoms with Gasteiger partial charge in [-0.1, -0.05) is 35.9 Å². The van der Waals surface area contributed by atoms with Crippen LogP contribution < -0.4 is 5.32 Å². The van der Waals surface area contributed by atoms with Crippen molar-refractivity contribution in [2.24, 2.45) is 0 Å². The summed E-state index contributed by atoms with van der Waals surface area (Å²) < 4.78 is 40.6. The summed E-state index contributed by atoms with van der Waals surface area (Å²) in [6.07, 6.45) is 0.161. The molecule has 3 aromatic carbocycles. The van der Waals surface area contributed by atoms with Gasteiger partial charge in [0.25, 0.3) is 5.91 Å². The zero-order chi connectivity index (χ0) is 21.0. The Balaban J connectivity index is 1.78. The van der Waals surface area contributed by atoms with E-state index < -0.39 is 23.4 Å². The highest BCUT2D eigenvalue weighted by Crippen LogP contribution is 2.21. The normalized spacial score (nSPS) is 10.6. The van der Waals surface area contributed by atoms with E-state index in [0.717, 1.165) is 29.3 Å². The van der Waals surface area contributed by atoms with Crippen LogP contribution in [0.5, 0.6) is 0 Å². The summed E-state index contributed by atoms with van der Waals surface area (Å²) in [5.74, 6) is -3.44. The number of Topliss-reactive ketones (excluding diaryl/α,β-unsaturated/α-hetero) is 1. The van der Waals surface area contributed by atoms with Crippen LogP contribution in [0.25, 0.3) is 0 Å². The number of benzene rings is 3. The van der Waals surface area contributed by atoms with Gasteiger partial charge in [0.05, 0.1) is 5.56 Å². The maximum Gasteiger partial charge on any atom is 0.258 e. The molecule has 0 aliphatic heterocycles.